The van der Waals surface area contributed by atoms with Crippen LogP contribution < -0.4 is 10.6 Å². The van der Waals surface area contributed by atoms with Crippen LogP contribution in [-0.2, 0) is 4.79 Å². The Balaban J connectivity index is 1.74. The average molecular weight is 300 g/mol. The minimum atomic E-state index is -0.745. The molecule has 2 fully saturated rings. The number of hydrogen-bond acceptors (Lipinski definition) is 3. The molecular weight excluding hydrogens is 276 g/mol. The van der Waals surface area contributed by atoms with Crippen LogP contribution in [-0.4, -0.2) is 40.2 Å². The van der Waals surface area contributed by atoms with Crippen molar-refractivity contribution in [1.82, 2.24) is 10.6 Å². The first kappa shape index (κ1) is 15.5. The van der Waals surface area contributed by atoms with E-state index in [-0.39, 0.29) is 24.0 Å². The summed E-state index contributed by atoms with van der Waals surface area (Å²) in [5.74, 6) is 0.0352. The van der Waals surface area contributed by atoms with E-state index in [4.69, 9.17) is 5.11 Å². The molecule has 2 aliphatic rings. The van der Waals surface area contributed by atoms with E-state index in [0.29, 0.717) is 18.1 Å². The van der Waals surface area contributed by atoms with Crippen molar-refractivity contribution < 1.29 is 14.7 Å². The van der Waals surface area contributed by atoms with Crippen molar-refractivity contribution in [3.05, 3.63) is 0 Å². The molecule has 114 valence electrons. The number of rotatable bonds is 5. The maximum Gasteiger partial charge on any atom is 0.315 e. The van der Waals surface area contributed by atoms with Gasteiger partial charge in [-0.1, -0.05) is 13.3 Å². The quantitative estimate of drug-likeness (QED) is 0.727. The number of carboxylic acid groups (broad SMARTS) is 1. The molecule has 3 N–H and O–H groups in total. The summed E-state index contributed by atoms with van der Waals surface area (Å²) in [6.07, 6.45) is 5.38. The number of carbonyl (C=O) groups excluding carboxylic acids is 1. The van der Waals surface area contributed by atoms with Gasteiger partial charge < -0.3 is 15.7 Å². The van der Waals surface area contributed by atoms with Crippen molar-refractivity contribution in [2.24, 2.45) is 5.92 Å². The second-order valence-corrected chi connectivity index (χ2v) is 7.21. The molecule has 0 aromatic rings. The monoisotopic (exact) mass is 300 g/mol. The van der Waals surface area contributed by atoms with Crippen molar-refractivity contribution in [2.45, 2.75) is 62.8 Å². The molecule has 2 aliphatic carbocycles. The molecule has 20 heavy (non-hydrogen) atoms. The molecule has 0 saturated heterocycles. The first-order valence-electron chi connectivity index (χ1n) is 7.51. The summed E-state index contributed by atoms with van der Waals surface area (Å²) in [6, 6.07) is 0.140. The summed E-state index contributed by atoms with van der Waals surface area (Å²) >= 11 is 1.92. The van der Waals surface area contributed by atoms with Crippen molar-refractivity contribution in [3.8, 4) is 0 Å². The average Bonchev–Trinajstić information content (AvgIpc) is 3.00. The first-order valence-corrected chi connectivity index (χ1v) is 8.56. The van der Waals surface area contributed by atoms with Gasteiger partial charge in [0.2, 0.25) is 0 Å². The molecule has 2 amide bonds. The second kappa shape index (κ2) is 7.20. The normalized spacial score (nSPS) is 33.0. The van der Waals surface area contributed by atoms with Crippen LogP contribution in [0.4, 0.5) is 4.79 Å². The van der Waals surface area contributed by atoms with Crippen LogP contribution in [0.5, 0.6) is 0 Å². The summed E-state index contributed by atoms with van der Waals surface area (Å²) in [5, 5.41) is 15.5. The zero-order valence-corrected chi connectivity index (χ0v) is 12.7. The van der Waals surface area contributed by atoms with Crippen LogP contribution in [0.3, 0.4) is 0 Å². The van der Waals surface area contributed by atoms with Crippen LogP contribution in [0.15, 0.2) is 0 Å². The predicted molar refractivity (Wildman–Crippen MR) is 80.0 cm³/mol. The first-order chi connectivity index (χ1) is 9.60. The van der Waals surface area contributed by atoms with E-state index in [9.17, 15) is 9.59 Å². The highest BCUT2D eigenvalue weighted by Crippen LogP contribution is 2.30. The number of nitrogens with one attached hydrogen (secondary N) is 2. The van der Waals surface area contributed by atoms with Crippen molar-refractivity contribution in [1.29, 1.82) is 0 Å². The number of carbonyl (C=O) groups is 2. The standard InChI is InChI=1S/C14H24N2O3S/c1-2-20-12-5-3-4-11(12)16-14(19)15-10-7-6-9(8-10)13(17)18/h9-12H,2-8H2,1H3,(H,17,18)(H2,15,16,19)/t9-,10+,11?,12?/m1/s1. The van der Waals surface area contributed by atoms with E-state index in [1.165, 1.54) is 12.8 Å². The Morgan fingerprint density at radius 3 is 2.65 bits per heavy atom. The Morgan fingerprint density at radius 1 is 1.20 bits per heavy atom. The fraction of sp³-hybridized carbons (Fsp3) is 0.857. The number of hydrogen-bond donors (Lipinski definition) is 3. The maximum absolute atomic E-state index is 12.0. The molecular formula is C14H24N2O3S. The fourth-order valence-corrected chi connectivity index (χ4v) is 4.43. The fourth-order valence-electron chi connectivity index (χ4n) is 3.24. The number of amides is 2. The molecule has 0 aromatic carbocycles. The van der Waals surface area contributed by atoms with E-state index in [0.717, 1.165) is 18.6 Å². The summed E-state index contributed by atoms with van der Waals surface area (Å²) < 4.78 is 0. The van der Waals surface area contributed by atoms with Gasteiger partial charge in [0.15, 0.2) is 0 Å². The van der Waals surface area contributed by atoms with Gasteiger partial charge >= 0.3 is 12.0 Å². The lowest BCUT2D eigenvalue weighted by Crippen LogP contribution is -2.47. The molecule has 5 nitrogen and oxygen atoms in total. The lowest BCUT2D eigenvalue weighted by Gasteiger charge is -2.22. The molecule has 0 spiro atoms. The molecule has 0 aliphatic heterocycles. The summed E-state index contributed by atoms with van der Waals surface area (Å²) in [5.41, 5.74) is 0. The van der Waals surface area contributed by atoms with Gasteiger partial charge in [-0.15, -0.1) is 0 Å². The van der Waals surface area contributed by atoms with Gasteiger partial charge in [0.25, 0.3) is 0 Å². The SMILES string of the molecule is CCSC1CCCC1NC(=O)N[C@H]1CC[C@@H](C(=O)O)C1. The third-order valence-electron chi connectivity index (χ3n) is 4.27. The highest BCUT2D eigenvalue weighted by Gasteiger charge is 2.32. The zero-order valence-electron chi connectivity index (χ0n) is 11.9. The zero-order chi connectivity index (χ0) is 14.5. The molecule has 0 bridgehead atoms. The lowest BCUT2D eigenvalue weighted by atomic mass is 10.1. The smallest absolute Gasteiger partial charge is 0.315 e. The minimum Gasteiger partial charge on any atom is -0.481 e. The van der Waals surface area contributed by atoms with Gasteiger partial charge in [-0.25, -0.2) is 4.79 Å². The van der Waals surface area contributed by atoms with Gasteiger partial charge in [-0.05, 0) is 37.9 Å². The van der Waals surface area contributed by atoms with E-state index >= 15 is 0 Å². The molecule has 0 radical (unpaired) electrons. The van der Waals surface area contributed by atoms with Gasteiger partial charge in [0, 0.05) is 17.3 Å². The van der Waals surface area contributed by atoms with E-state index in [2.05, 4.69) is 17.6 Å². The molecule has 2 unspecified atom stereocenters. The van der Waals surface area contributed by atoms with Crippen molar-refractivity contribution in [2.75, 3.05) is 5.75 Å². The largest absolute Gasteiger partial charge is 0.481 e. The molecule has 2 rings (SSSR count). The Hall–Kier alpha value is -0.910. The molecule has 0 aromatic heterocycles. The topological polar surface area (TPSA) is 78.4 Å². The molecule has 6 heteroatoms. The number of aliphatic carboxylic acids is 1. The van der Waals surface area contributed by atoms with Gasteiger partial charge in [0.05, 0.1) is 5.92 Å². The van der Waals surface area contributed by atoms with Crippen LogP contribution in [0.25, 0.3) is 0 Å². The highest BCUT2D eigenvalue weighted by molar-refractivity contribution is 7.99. The lowest BCUT2D eigenvalue weighted by molar-refractivity contribution is -0.141. The Labute approximate surface area is 124 Å². The third-order valence-corrected chi connectivity index (χ3v) is 5.59. The summed E-state index contributed by atoms with van der Waals surface area (Å²) in [4.78, 5) is 22.9. The maximum atomic E-state index is 12.0. The van der Waals surface area contributed by atoms with Gasteiger partial charge in [-0.2, -0.15) is 11.8 Å². The highest BCUT2D eigenvalue weighted by atomic mass is 32.2. The number of carboxylic acids is 1. The van der Waals surface area contributed by atoms with Gasteiger partial charge in [0.1, 0.15) is 0 Å². The van der Waals surface area contributed by atoms with E-state index in [1.54, 1.807) is 0 Å². The number of thioether (sulfide) groups is 1. The Morgan fingerprint density at radius 2 is 2.00 bits per heavy atom. The second-order valence-electron chi connectivity index (χ2n) is 5.69. The van der Waals surface area contributed by atoms with E-state index in [1.807, 2.05) is 11.8 Å². The third kappa shape index (κ3) is 4.04. The molecule has 2 saturated carbocycles. The molecule has 4 atom stereocenters. The summed E-state index contributed by atoms with van der Waals surface area (Å²) in [7, 11) is 0. The van der Waals surface area contributed by atoms with Gasteiger partial charge in [-0.3, -0.25) is 4.79 Å². The van der Waals surface area contributed by atoms with E-state index < -0.39 is 5.97 Å². The predicted octanol–water partition coefficient (Wildman–Crippen LogP) is 2.21. The Bertz CT molecular complexity index is 364. The minimum absolute atomic E-state index is 0.00906. The van der Waals surface area contributed by atoms with Crippen molar-refractivity contribution in [3.63, 3.8) is 0 Å². The molecule has 0 heterocycles. The number of urea groups is 1. The van der Waals surface area contributed by atoms with Crippen LogP contribution in [0.1, 0.15) is 45.4 Å². The summed E-state index contributed by atoms with van der Waals surface area (Å²) in [6.45, 7) is 2.14. The van der Waals surface area contributed by atoms with Crippen LogP contribution in [0.2, 0.25) is 0 Å². The van der Waals surface area contributed by atoms with Crippen LogP contribution in [0, 0.1) is 5.92 Å². The Kier molecular flexibility index (Phi) is 5.57. The van der Waals surface area contributed by atoms with Crippen LogP contribution >= 0.6 is 11.8 Å². The van der Waals surface area contributed by atoms with Crippen molar-refractivity contribution >= 4 is 23.8 Å².